The van der Waals surface area contributed by atoms with Crippen molar-refractivity contribution in [1.29, 1.82) is 0 Å². The molecule has 1 aliphatic carbocycles. The summed E-state index contributed by atoms with van der Waals surface area (Å²) in [6.45, 7) is 2.44. The lowest BCUT2D eigenvalue weighted by Crippen LogP contribution is -2.44. The normalized spacial score (nSPS) is 28.4. The van der Waals surface area contributed by atoms with E-state index in [-0.39, 0.29) is 11.9 Å². The monoisotopic (exact) mass is 291 g/mol. The Balaban J connectivity index is 1.61. The highest BCUT2D eigenvalue weighted by Gasteiger charge is 2.39. The summed E-state index contributed by atoms with van der Waals surface area (Å²) in [4.78, 5) is 14.4. The van der Waals surface area contributed by atoms with Gasteiger partial charge < -0.3 is 14.8 Å². The molecule has 0 bridgehead atoms. The summed E-state index contributed by atoms with van der Waals surface area (Å²) in [5.41, 5.74) is 0. The summed E-state index contributed by atoms with van der Waals surface area (Å²) in [6.07, 6.45) is 6.10. The van der Waals surface area contributed by atoms with Crippen LogP contribution in [-0.4, -0.2) is 44.7 Å². The number of fused-ring (bicyclic) bond motifs is 1. The van der Waals surface area contributed by atoms with Gasteiger partial charge >= 0.3 is 0 Å². The van der Waals surface area contributed by atoms with Gasteiger partial charge in [0.1, 0.15) is 5.82 Å². The molecule has 6 heteroatoms. The number of aryl methyl sites for hydroxylation is 1. The maximum absolute atomic E-state index is 12.6. The Morgan fingerprint density at radius 2 is 2.14 bits per heavy atom. The number of hydrogen-bond acceptors (Lipinski definition) is 4. The summed E-state index contributed by atoms with van der Waals surface area (Å²) in [7, 11) is 3.79. The van der Waals surface area contributed by atoms with Gasteiger partial charge in [0.05, 0.1) is 12.6 Å². The Morgan fingerprint density at radius 1 is 1.38 bits per heavy atom. The second kappa shape index (κ2) is 5.75. The van der Waals surface area contributed by atoms with E-state index in [1.165, 1.54) is 25.7 Å². The molecule has 0 spiro atoms. The molecule has 0 aromatic carbocycles. The number of rotatable bonds is 3. The van der Waals surface area contributed by atoms with E-state index in [1.807, 2.05) is 25.6 Å². The van der Waals surface area contributed by atoms with E-state index in [2.05, 4.69) is 15.5 Å². The zero-order valence-corrected chi connectivity index (χ0v) is 13.2. The number of nitrogens with one attached hydrogen (secondary N) is 1. The molecule has 3 rings (SSSR count). The first kappa shape index (κ1) is 14.5. The molecule has 1 N–H and O–H groups in total. The number of likely N-dealkylation sites (N-methyl/N-ethyl adjacent to an activating group) is 1. The molecule has 0 unspecified atom stereocenters. The maximum Gasteiger partial charge on any atom is 0.239 e. The van der Waals surface area contributed by atoms with Gasteiger partial charge in [0.15, 0.2) is 5.82 Å². The topological polar surface area (TPSA) is 63.1 Å². The quantitative estimate of drug-likeness (QED) is 0.902. The molecule has 1 aliphatic heterocycles. The van der Waals surface area contributed by atoms with Crippen molar-refractivity contribution >= 4 is 5.91 Å². The van der Waals surface area contributed by atoms with Crippen molar-refractivity contribution in [2.75, 3.05) is 7.05 Å². The summed E-state index contributed by atoms with van der Waals surface area (Å²) in [6, 6.07) is 0.538. The Labute approximate surface area is 125 Å². The molecule has 1 aromatic heterocycles. The minimum Gasteiger partial charge on any atom is -0.337 e. The lowest BCUT2D eigenvalue weighted by Gasteiger charge is -2.24. The van der Waals surface area contributed by atoms with Crippen molar-refractivity contribution in [1.82, 2.24) is 25.0 Å². The van der Waals surface area contributed by atoms with Crippen LogP contribution in [0.5, 0.6) is 0 Å². The van der Waals surface area contributed by atoms with Crippen molar-refractivity contribution < 1.29 is 4.79 Å². The lowest BCUT2D eigenvalue weighted by molar-refractivity contribution is -0.132. The van der Waals surface area contributed by atoms with Crippen LogP contribution in [0.2, 0.25) is 0 Å². The van der Waals surface area contributed by atoms with Gasteiger partial charge in [-0.2, -0.15) is 0 Å². The second-order valence-corrected chi connectivity index (χ2v) is 6.52. The molecule has 3 atom stereocenters. The molecule has 1 amide bonds. The van der Waals surface area contributed by atoms with Gasteiger partial charge in [-0.25, -0.2) is 0 Å². The molecule has 116 valence electrons. The highest BCUT2D eigenvalue weighted by Crippen LogP contribution is 2.33. The first-order valence-electron chi connectivity index (χ1n) is 7.92. The fourth-order valence-electron chi connectivity index (χ4n) is 3.66. The molecule has 2 fully saturated rings. The van der Waals surface area contributed by atoms with Crippen LogP contribution in [0.4, 0.5) is 0 Å². The smallest absolute Gasteiger partial charge is 0.239 e. The predicted molar refractivity (Wildman–Crippen MR) is 79.5 cm³/mol. The van der Waals surface area contributed by atoms with E-state index in [1.54, 1.807) is 4.90 Å². The maximum atomic E-state index is 12.6. The van der Waals surface area contributed by atoms with Crippen LogP contribution in [0, 0.1) is 12.8 Å². The van der Waals surface area contributed by atoms with Gasteiger partial charge in [0.25, 0.3) is 0 Å². The third-order valence-corrected chi connectivity index (χ3v) is 5.10. The van der Waals surface area contributed by atoms with Crippen LogP contribution in [-0.2, 0) is 18.4 Å². The molecule has 1 saturated carbocycles. The van der Waals surface area contributed by atoms with Crippen molar-refractivity contribution in [3.63, 3.8) is 0 Å². The number of carbonyl (C=O) groups excluding carboxylic acids is 1. The van der Waals surface area contributed by atoms with Crippen LogP contribution in [0.3, 0.4) is 0 Å². The Bertz CT molecular complexity index is 512. The third kappa shape index (κ3) is 2.81. The number of amides is 1. The van der Waals surface area contributed by atoms with Crippen molar-refractivity contribution in [2.45, 2.75) is 57.7 Å². The molecule has 6 nitrogen and oxygen atoms in total. The minimum absolute atomic E-state index is 0.0163. The van der Waals surface area contributed by atoms with Gasteiger partial charge in [-0.3, -0.25) is 4.79 Å². The van der Waals surface area contributed by atoms with E-state index in [0.717, 1.165) is 18.1 Å². The van der Waals surface area contributed by atoms with Gasteiger partial charge in [-0.15, -0.1) is 10.2 Å². The lowest BCUT2D eigenvalue weighted by atomic mass is 9.85. The molecule has 2 heterocycles. The number of hydrogen-bond donors (Lipinski definition) is 1. The minimum atomic E-state index is -0.0163. The van der Waals surface area contributed by atoms with Crippen LogP contribution >= 0.6 is 0 Å². The largest absolute Gasteiger partial charge is 0.337 e. The Kier molecular flexibility index (Phi) is 3.97. The Morgan fingerprint density at radius 3 is 2.81 bits per heavy atom. The molecular weight excluding hydrogens is 266 g/mol. The molecule has 1 aromatic rings. The standard InChI is InChI=1S/C15H25N5O/c1-10-17-18-14(20(10)3)9-19(2)15(21)13-8-11-6-4-5-7-12(11)16-13/h11-13,16H,4-9H2,1-3H3/t11-,12-,13-/m0/s1. The summed E-state index contributed by atoms with van der Waals surface area (Å²) >= 11 is 0. The molecule has 21 heavy (non-hydrogen) atoms. The van der Waals surface area contributed by atoms with Crippen molar-refractivity contribution in [3.8, 4) is 0 Å². The van der Waals surface area contributed by atoms with Crippen LogP contribution in [0.25, 0.3) is 0 Å². The van der Waals surface area contributed by atoms with E-state index >= 15 is 0 Å². The highest BCUT2D eigenvalue weighted by molar-refractivity contribution is 5.82. The van der Waals surface area contributed by atoms with E-state index in [0.29, 0.717) is 18.5 Å². The molecule has 1 saturated heterocycles. The fraction of sp³-hybridized carbons (Fsp3) is 0.800. The number of aromatic nitrogens is 3. The average molecular weight is 291 g/mol. The first-order valence-corrected chi connectivity index (χ1v) is 7.92. The van der Waals surface area contributed by atoms with Crippen LogP contribution in [0.15, 0.2) is 0 Å². The molecular formula is C15H25N5O. The zero-order valence-electron chi connectivity index (χ0n) is 13.2. The summed E-state index contributed by atoms with van der Waals surface area (Å²) in [5.74, 6) is 2.58. The second-order valence-electron chi connectivity index (χ2n) is 6.52. The van der Waals surface area contributed by atoms with Gasteiger partial charge in [-0.05, 0) is 32.1 Å². The first-order chi connectivity index (χ1) is 10.1. The van der Waals surface area contributed by atoms with E-state index < -0.39 is 0 Å². The van der Waals surface area contributed by atoms with Crippen LogP contribution < -0.4 is 5.32 Å². The van der Waals surface area contributed by atoms with Gasteiger partial charge in [0, 0.05) is 20.1 Å². The van der Waals surface area contributed by atoms with E-state index in [4.69, 9.17) is 0 Å². The average Bonchev–Trinajstić information content (AvgIpc) is 3.04. The Hall–Kier alpha value is -1.43. The third-order valence-electron chi connectivity index (χ3n) is 5.10. The van der Waals surface area contributed by atoms with E-state index in [9.17, 15) is 4.79 Å². The van der Waals surface area contributed by atoms with Gasteiger partial charge in [0.2, 0.25) is 5.91 Å². The van der Waals surface area contributed by atoms with Gasteiger partial charge in [-0.1, -0.05) is 12.8 Å². The fourth-order valence-corrected chi connectivity index (χ4v) is 3.66. The molecule has 2 aliphatic rings. The SMILES string of the molecule is Cc1nnc(CN(C)C(=O)[C@@H]2C[C@@H]3CCCC[C@@H]3N2)n1C. The number of nitrogens with zero attached hydrogens (tertiary/aromatic N) is 4. The van der Waals surface area contributed by atoms with Crippen molar-refractivity contribution in [2.24, 2.45) is 13.0 Å². The molecule has 0 radical (unpaired) electrons. The zero-order chi connectivity index (χ0) is 15.0. The predicted octanol–water partition coefficient (Wildman–Crippen LogP) is 1.00. The highest BCUT2D eigenvalue weighted by atomic mass is 16.2. The summed E-state index contributed by atoms with van der Waals surface area (Å²) < 4.78 is 1.94. The summed E-state index contributed by atoms with van der Waals surface area (Å²) in [5, 5.41) is 11.7. The van der Waals surface area contributed by atoms with Crippen molar-refractivity contribution in [3.05, 3.63) is 11.6 Å². The number of carbonyl (C=O) groups is 1. The van der Waals surface area contributed by atoms with Crippen LogP contribution in [0.1, 0.15) is 43.8 Å².